The fraction of sp³-hybridized carbons (Fsp3) is 0. The molecule has 0 radical (unpaired) electrons. The number of benzene rings is 2. The second kappa shape index (κ2) is 4.24. The summed E-state index contributed by atoms with van der Waals surface area (Å²) in [5.74, 6) is 0.209. The van der Waals surface area contributed by atoms with Crippen molar-refractivity contribution in [1.82, 2.24) is 9.97 Å². The molecule has 0 unspecified atom stereocenters. The molecule has 0 aliphatic rings. The number of aromatic hydroxyl groups is 1. The molecule has 0 amide bonds. The monoisotopic (exact) mass is 276 g/mol. The van der Waals surface area contributed by atoms with Crippen LogP contribution < -0.4 is 5.56 Å². The molecule has 4 nitrogen and oxygen atoms in total. The number of fused-ring (bicyclic) bond motifs is 2. The van der Waals surface area contributed by atoms with Gasteiger partial charge >= 0.3 is 0 Å². The lowest BCUT2D eigenvalue weighted by molar-refractivity contribution is 0.476. The molecule has 4 heteroatoms. The van der Waals surface area contributed by atoms with E-state index in [1.807, 2.05) is 36.4 Å². The largest absolute Gasteiger partial charge is 0.508 e. The van der Waals surface area contributed by atoms with Gasteiger partial charge in [-0.3, -0.25) is 4.79 Å². The first-order valence-electron chi connectivity index (χ1n) is 6.65. The van der Waals surface area contributed by atoms with E-state index in [-0.39, 0.29) is 11.3 Å². The Labute approximate surface area is 119 Å². The third-order valence-electron chi connectivity index (χ3n) is 3.65. The molecule has 4 rings (SSSR count). The Kier molecular flexibility index (Phi) is 2.38. The molecule has 0 atom stereocenters. The van der Waals surface area contributed by atoms with Gasteiger partial charge in [0.1, 0.15) is 5.75 Å². The zero-order chi connectivity index (χ0) is 14.4. The Morgan fingerprint density at radius 1 is 0.810 bits per heavy atom. The van der Waals surface area contributed by atoms with Crippen LogP contribution in [0.4, 0.5) is 0 Å². The van der Waals surface area contributed by atoms with Crippen molar-refractivity contribution in [2.24, 2.45) is 0 Å². The third-order valence-corrected chi connectivity index (χ3v) is 3.65. The Hall–Kier alpha value is -3.01. The molecule has 0 fully saturated rings. The van der Waals surface area contributed by atoms with Crippen LogP contribution in [-0.2, 0) is 0 Å². The SMILES string of the molecule is O=c1[nH]c2ccccc2cc1-c1cc2cc(O)ccc2[nH]1. The predicted octanol–water partition coefficient (Wildman–Crippen LogP) is 3.38. The highest BCUT2D eigenvalue weighted by Crippen LogP contribution is 2.26. The van der Waals surface area contributed by atoms with Gasteiger partial charge in [-0.2, -0.15) is 0 Å². The van der Waals surface area contributed by atoms with Crippen LogP contribution in [0.2, 0.25) is 0 Å². The van der Waals surface area contributed by atoms with Crippen molar-refractivity contribution in [1.29, 1.82) is 0 Å². The van der Waals surface area contributed by atoms with E-state index in [2.05, 4.69) is 9.97 Å². The maximum absolute atomic E-state index is 12.3. The first kappa shape index (κ1) is 11.8. The van der Waals surface area contributed by atoms with Gasteiger partial charge in [0.15, 0.2) is 0 Å². The van der Waals surface area contributed by atoms with Crippen LogP contribution in [0, 0.1) is 0 Å². The van der Waals surface area contributed by atoms with E-state index in [0.29, 0.717) is 5.56 Å². The highest BCUT2D eigenvalue weighted by atomic mass is 16.3. The van der Waals surface area contributed by atoms with Gasteiger partial charge in [-0.25, -0.2) is 0 Å². The lowest BCUT2D eigenvalue weighted by atomic mass is 10.1. The number of nitrogens with one attached hydrogen (secondary N) is 2. The van der Waals surface area contributed by atoms with Crippen molar-refractivity contribution in [2.75, 3.05) is 0 Å². The number of phenols is 1. The Balaban J connectivity index is 1.99. The first-order chi connectivity index (χ1) is 10.2. The second-order valence-electron chi connectivity index (χ2n) is 5.05. The summed E-state index contributed by atoms with van der Waals surface area (Å²) in [6, 6.07) is 16.5. The van der Waals surface area contributed by atoms with Gasteiger partial charge in [-0.15, -0.1) is 0 Å². The lowest BCUT2D eigenvalue weighted by Gasteiger charge is -2.01. The van der Waals surface area contributed by atoms with E-state index < -0.39 is 0 Å². The normalized spacial score (nSPS) is 11.2. The molecule has 2 aromatic heterocycles. The van der Waals surface area contributed by atoms with Crippen molar-refractivity contribution < 1.29 is 5.11 Å². The minimum Gasteiger partial charge on any atom is -0.508 e. The Morgan fingerprint density at radius 3 is 2.52 bits per heavy atom. The van der Waals surface area contributed by atoms with Crippen LogP contribution in [0.1, 0.15) is 0 Å². The number of aromatic amines is 2. The van der Waals surface area contributed by atoms with Gasteiger partial charge in [0.25, 0.3) is 5.56 Å². The standard InChI is InChI=1S/C17H12N2O2/c20-12-5-6-15-11(7-12)9-16(18-15)13-8-10-3-1-2-4-14(10)19-17(13)21/h1-9,18,20H,(H,19,21). The molecule has 2 aromatic carbocycles. The number of pyridine rings is 1. The molecular formula is C17H12N2O2. The van der Waals surface area contributed by atoms with Crippen LogP contribution in [0.15, 0.2) is 59.4 Å². The van der Waals surface area contributed by atoms with Gasteiger partial charge in [0.2, 0.25) is 0 Å². The minimum atomic E-state index is -0.135. The van der Waals surface area contributed by atoms with Crippen molar-refractivity contribution in [2.45, 2.75) is 0 Å². The second-order valence-corrected chi connectivity index (χ2v) is 5.05. The minimum absolute atomic E-state index is 0.135. The molecule has 0 aliphatic heterocycles. The molecule has 2 heterocycles. The van der Waals surface area contributed by atoms with Crippen molar-refractivity contribution >= 4 is 21.8 Å². The van der Waals surface area contributed by atoms with E-state index in [1.54, 1.807) is 18.2 Å². The highest BCUT2D eigenvalue weighted by molar-refractivity contribution is 5.89. The zero-order valence-corrected chi connectivity index (χ0v) is 11.1. The van der Waals surface area contributed by atoms with Crippen LogP contribution >= 0.6 is 0 Å². The van der Waals surface area contributed by atoms with Gasteiger partial charge in [-0.05, 0) is 41.8 Å². The average molecular weight is 276 g/mol. The van der Waals surface area contributed by atoms with Crippen molar-refractivity contribution in [3.8, 4) is 17.0 Å². The molecule has 0 saturated heterocycles. The molecule has 102 valence electrons. The quantitative estimate of drug-likeness (QED) is 0.499. The summed E-state index contributed by atoms with van der Waals surface area (Å²) in [4.78, 5) is 18.4. The van der Waals surface area contributed by atoms with Crippen LogP contribution in [-0.4, -0.2) is 15.1 Å². The maximum atomic E-state index is 12.3. The Bertz CT molecular complexity index is 1030. The van der Waals surface area contributed by atoms with Gasteiger partial charge in [0.05, 0.1) is 11.3 Å². The van der Waals surface area contributed by atoms with Crippen LogP contribution in [0.3, 0.4) is 0 Å². The number of para-hydroxylation sites is 1. The van der Waals surface area contributed by atoms with Crippen LogP contribution in [0.5, 0.6) is 5.75 Å². The fourth-order valence-corrected chi connectivity index (χ4v) is 2.61. The Morgan fingerprint density at radius 2 is 1.62 bits per heavy atom. The topological polar surface area (TPSA) is 68.9 Å². The molecule has 0 spiro atoms. The molecular weight excluding hydrogens is 264 g/mol. The summed E-state index contributed by atoms with van der Waals surface area (Å²) < 4.78 is 0. The number of hydrogen-bond acceptors (Lipinski definition) is 2. The average Bonchev–Trinajstić information content (AvgIpc) is 2.89. The molecule has 0 aliphatic carbocycles. The molecule has 4 aromatic rings. The molecule has 0 saturated carbocycles. The van der Waals surface area contributed by atoms with Gasteiger partial charge < -0.3 is 15.1 Å². The first-order valence-corrected chi connectivity index (χ1v) is 6.65. The lowest BCUT2D eigenvalue weighted by Crippen LogP contribution is -2.08. The fourth-order valence-electron chi connectivity index (χ4n) is 2.61. The third kappa shape index (κ3) is 1.89. The van der Waals surface area contributed by atoms with E-state index in [1.165, 1.54) is 0 Å². The van der Waals surface area contributed by atoms with Crippen molar-refractivity contribution in [3.05, 3.63) is 65.0 Å². The number of hydrogen-bond donors (Lipinski definition) is 3. The summed E-state index contributed by atoms with van der Waals surface area (Å²) in [6.07, 6.45) is 0. The van der Waals surface area contributed by atoms with Crippen molar-refractivity contribution in [3.63, 3.8) is 0 Å². The smallest absolute Gasteiger partial charge is 0.257 e. The molecule has 0 bridgehead atoms. The maximum Gasteiger partial charge on any atom is 0.257 e. The summed E-state index contributed by atoms with van der Waals surface area (Å²) in [5.41, 5.74) is 2.90. The van der Waals surface area contributed by atoms with E-state index in [9.17, 15) is 9.90 Å². The van der Waals surface area contributed by atoms with Crippen LogP contribution in [0.25, 0.3) is 33.1 Å². The summed E-state index contributed by atoms with van der Waals surface area (Å²) in [6.45, 7) is 0. The van der Waals surface area contributed by atoms with Gasteiger partial charge in [0, 0.05) is 16.4 Å². The number of H-pyrrole nitrogens is 2. The van der Waals surface area contributed by atoms with E-state index >= 15 is 0 Å². The number of rotatable bonds is 1. The van der Waals surface area contributed by atoms with Gasteiger partial charge in [-0.1, -0.05) is 18.2 Å². The number of phenolic OH excluding ortho intramolecular Hbond substituents is 1. The summed E-state index contributed by atoms with van der Waals surface area (Å²) >= 11 is 0. The summed E-state index contributed by atoms with van der Waals surface area (Å²) in [7, 11) is 0. The molecule has 21 heavy (non-hydrogen) atoms. The highest BCUT2D eigenvalue weighted by Gasteiger charge is 2.09. The summed E-state index contributed by atoms with van der Waals surface area (Å²) in [5, 5.41) is 11.4. The zero-order valence-electron chi connectivity index (χ0n) is 11.1. The number of aromatic nitrogens is 2. The molecule has 3 N–H and O–H groups in total. The predicted molar refractivity (Wildman–Crippen MR) is 83.5 cm³/mol. The van der Waals surface area contributed by atoms with E-state index in [4.69, 9.17) is 0 Å². The van der Waals surface area contributed by atoms with E-state index in [0.717, 1.165) is 27.5 Å².